The van der Waals surface area contributed by atoms with Gasteiger partial charge in [-0.15, -0.1) is 0 Å². The van der Waals surface area contributed by atoms with Gasteiger partial charge in [-0.25, -0.2) is 0 Å². The summed E-state index contributed by atoms with van der Waals surface area (Å²) < 4.78 is 123. The van der Waals surface area contributed by atoms with Crippen LogP contribution < -0.4 is 15.5 Å². The van der Waals surface area contributed by atoms with Gasteiger partial charge < -0.3 is 6.92 Å². The van der Waals surface area contributed by atoms with Crippen molar-refractivity contribution in [2.24, 2.45) is 0 Å². The Labute approximate surface area is 370 Å². The van der Waals surface area contributed by atoms with Crippen molar-refractivity contribution >= 4 is 62.5 Å². The fourth-order valence-corrected chi connectivity index (χ4v) is 8.03. The molecule has 0 aromatic heterocycles. The summed E-state index contributed by atoms with van der Waals surface area (Å²) in [4.78, 5) is 26.7. The smallest absolute Gasteiger partial charge is 0.262 e. The zero-order valence-corrected chi connectivity index (χ0v) is 38.3. The largest absolute Gasteiger partial charge is 0.342 e. The number of hydrogen-bond acceptors (Lipinski definition) is 13. The second kappa shape index (κ2) is 22.3. The molecule has 62 heavy (non-hydrogen) atoms. The Morgan fingerprint density at radius 1 is 0.903 bits per heavy atom. The SMILES string of the molecule is CC(C)([C](=[Ni])/C=C/C=C/C=C1/N(CCCS(=O)(=O)O)c2cccc(C(=O)O)c2C1(C)C)c1[c-]cc(C(=O)NCCS(=O)(=O)O)cc1C(O)NCCS(=O)(=O)O.[CH2-]CCS(=O)(=O)O. The van der Waals surface area contributed by atoms with Crippen LogP contribution in [0.15, 0.2) is 66.4 Å². The Bertz CT molecular complexity index is 2520. The number of amides is 1. The second-order valence-electron chi connectivity index (χ2n) is 14.7. The second-order valence-corrected chi connectivity index (χ2v) is 21.5. The van der Waals surface area contributed by atoms with E-state index in [-0.39, 0.29) is 48.4 Å². The Morgan fingerprint density at radius 2 is 1.48 bits per heavy atom. The predicted molar refractivity (Wildman–Crippen MR) is 229 cm³/mol. The molecule has 350 valence electrons. The number of carboxylic acid groups (broad SMARTS) is 1. The van der Waals surface area contributed by atoms with Crippen LogP contribution in [0.5, 0.6) is 0 Å². The summed E-state index contributed by atoms with van der Waals surface area (Å²) >= 11 is 5.35. The maximum Gasteiger partial charge on any atom is 0.262 e. The molecule has 1 atom stereocenters. The number of nitrogens with zero attached hydrogens (tertiary/aromatic N) is 1. The number of allylic oxidation sites excluding steroid dienone is 6. The first-order chi connectivity index (χ1) is 28.3. The summed E-state index contributed by atoms with van der Waals surface area (Å²) in [5, 5.41) is 25.9. The predicted octanol–water partition coefficient (Wildman–Crippen LogP) is 2.44. The van der Waals surface area contributed by atoms with Gasteiger partial charge in [0.1, 0.15) is 0 Å². The van der Waals surface area contributed by atoms with Crippen molar-refractivity contribution in [1.82, 2.24) is 10.6 Å². The minimum absolute atomic E-state index is 0.0406. The zero-order chi connectivity index (χ0) is 47.5. The standard InChI is InChI=1S/C35H44N3O13S3.C3H7O3S.Ni/c1-34(2,27-15-14-24(31(39)36-17-21-53(46,47)48)23-26(27)32(40)37-18-22-54(49,50)51)16-8-6-5-7-13-29-35(3,4)30-25(33(41)42)11-9-12-28(30)38(29)19-10-20-52(43,44)45;1-2-3-7(4,5)6;/h5-9,11-14,23,32,37,40H,10,17-22H2,1-4H3,(H,36,39)(H,41,42)(H,43,44,45)(H,46,47,48)(H,49,50,51);1-3H2,(H,4,5,6);/q2*-1;/b7-5+,8-6+,29-13+;;. The van der Waals surface area contributed by atoms with Crippen LogP contribution in [0.4, 0.5) is 5.69 Å². The summed E-state index contributed by atoms with van der Waals surface area (Å²) in [6.45, 7) is 9.80. The van der Waals surface area contributed by atoms with Crippen molar-refractivity contribution in [2.75, 3.05) is 47.5 Å². The Hall–Kier alpha value is -3.68. The molecule has 19 nitrogen and oxygen atoms in total. The molecular weight excluding hydrogens is 941 g/mol. The summed E-state index contributed by atoms with van der Waals surface area (Å²) in [6, 6.07) is 10.4. The molecule has 0 radical (unpaired) electrons. The van der Waals surface area contributed by atoms with Gasteiger partial charge in [-0.2, -0.15) is 23.3 Å². The first-order valence-electron chi connectivity index (χ1n) is 18.4. The van der Waals surface area contributed by atoms with E-state index in [0.29, 0.717) is 27.0 Å². The van der Waals surface area contributed by atoms with Gasteiger partial charge in [0.05, 0.1) is 0 Å². The van der Waals surface area contributed by atoms with Crippen LogP contribution in [-0.2, 0) is 66.3 Å². The molecule has 2 aromatic rings. The molecule has 8 N–H and O–H groups in total. The molecule has 24 heteroatoms. The van der Waals surface area contributed by atoms with E-state index in [1.54, 1.807) is 56.4 Å². The summed E-state index contributed by atoms with van der Waals surface area (Å²) in [6.07, 6.45) is 7.14. The molecule has 1 amide bonds. The minimum Gasteiger partial charge on any atom is -0.342 e. The minimum atomic E-state index is -4.37. The number of nitrogens with one attached hydrogen (secondary N) is 2. The average Bonchev–Trinajstić information content (AvgIpc) is 3.34. The van der Waals surface area contributed by atoms with E-state index < -0.39 is 93.2 Å². The molecule has 1 aliphatic heterocycles. The number of carbonyl (C=O) groups excluding carboxylic acids is 1. The van der Waals surface area contributed by atoms with Crippen molar-refractivity contribution < 1.29 is 86.7 Å². The average molecular weight is 993 g/mol. The molecule has 0 saturated carbocycles. The first-order valence-corrected chi connectivity index (χ1v) is 25.3. The van der Waals surface area contributed by atoms with Crippen LogP contribution in [0.2, 0.25) is 0 Å². The quantitative estimate of drug-likeness (QED) is 0.0293. The Balaban J connectivity index is 0.00000173. The van der Waals surface area contributed by atoms with Gasteiger partial charge in [0.25, 0.3) is 10.1 Å². The molecule has 0 saturated heterocycles. The Kier molecular flexibility index (Phi) is 19.6. The van der Waals surface area contributed by atoms with Gasteiger partial charge in [-0.05, 0) is 0 Å². The number of benzene rings is 2. The van der Waals surface area contributed by atoms with E-state index >= 15 is 0 Å². The van der Waals surface area contributed by atoms with Crippen LogP contribution >= 0.6 is 0 Å². The normalized spacial score (nSPS) is 15.7. The van der Waals surface area contributed by atoms with Crippen molar-refractivity contribution in [2.45, 2.75) is 57.6 Å². The van der Waals surface area contributed by atoms with Crippen LogP contribution in [0.25, 0.3) is 0 Å². The number of aliphatic hydroxyl groups is 1. The fraction of sp³-hybridized carbons (Fsp3) is 0.421. The van der Waals surface area contributed by atoms with Gasteiger partial charge in [0.15, 0.2) is 0 Å². The van der Waals surface area contributed by atoms with Crippen molar-refractivity contribution in [1.29, 1.82) is 0 Å². The van der Waals surface area contributed by atoms with E-state index in [9.17, 15) is 58.0 Å². The van der Waals surface area contributed by atoms with Gasteiger partial charge in [-0.1, -0.05) is 0 Å². The van der Waals surface area contributed by atoms with E-state index in [1.165, 1.54) is 18.2 Å². The van der Waals surface area contributed by atoms with Crippen LogP contribution in [-0.4, -0.2) is 121 Å². The number of hydrogen-bond donors (Lipinski definition) is 8. The number of aromatic carboxylic acids is 1. The first kappa shape index (κ1) is 54.5. The third-order valence-electron chi connectivity index (χ3n) is 9.07. The van der Waals surface area contributed by atoms with E-state index in [4.69, 9.17) is 28.7 Å². The van der Waals surface area contributed by atoms with Crippen LogP contribution in [0.1, 0.15) is 84.2 Å². The Morgan fingerprint density at radius 3 is 2.02 bits per heavy atom. The van der Waals surface area contributed by atoms with Gasteiger partial charge >= 0.3 is 317 Å². The van der Waals surface area contributed by atoms with Crippen molar-refractivity contribution in [3.63, 3.8) is 0 Å². The van der Waals surface area contributed by atoms with E-state index in [2.05, 4.69) is 23.6 Å². The zero-order valence-electron chi connectivity index (χ0n) is 34.1. The third-order valence-corrected chi connectivity index (χ3v) is 12.9. The van der Waals surface area contributed by atoms with Gasteiger partial charge in [-0.3, -0.25) is 9.11 Å². The molecule has 2 aromatic carbocycles. The topological polar surface area (TPSA) is 319 Å². The molecule has 0 fully saturated rings. The summed E-state index contributed by atoms with van der Waals surface area (Å²) in [5.74, 6) is -4.05. The number of aliphatic hydroxyl groups excluding tert-OH is 1. The molecule has 3 rings (SSSR count). The third kappa shape index (κ3) is 17.1. The number of carboxylic acids is 1. The molecule has 1 heterocycles. The summed E-state index contributed by atoms with van der Waals surface area (Å²) in [5.41, 5.74) is 0.466. The number of fused-ring (bicyclic) bond motifs is 1. The fourth-order valence-electron chi connectivity index (χ4n) is 6.22. The molecule has 0 aliphatic carbocycles. The maximum absolute atomic E-state index is 12.8. The molecule has 1 aliphatic rings. The monoisotopic (exact) mass is 991 g/mol. The van der Waals surface area contributed by atoms with Crippen molar-refractivity contribution in [3.8, 4) is 0 Å². The summed E-state index contributed by atoms with van der Waals surface area (Å²) in [7, 11) is -16.7. The number of rotatable bonds is 21. The number of carbonyl (C=O) groups is 2. The van der Waals surface area contributed by atoms with Crippen molar-refractivity contribution in [3.05, 3.63) is 107 Å². The molecule has 1 unspecified atom stereocenters. The van der Waals surface area contributed by atoms with Gasteiger partial charge in [0, 0.05) is 5.75 Å². The maximum atomic E-state index is 12.8. The van der Waals surface area contributed by atoms with Crippen LogP contribution in [0, 0.1) is 13.0 Å². The molecule has 0 bridgehead atoms. The molecular formula is C38H51N3NiO16S4-2. The number of anilines is 1. The van der Waals surface area contributed by atoms with Crippen LogP contribution in [0.3, 0.4) is 0 Å². The van der Waals surface area contributed by atoms with Gasteiger partial charge in [0.2, 0.25) is 0 Å². The van der Waals surface area contributed by atoms with E-state index in [0.717, 1.165) is 0 Å². The van der Waals surface area contributed by atoms with E-state index in [1.807, 2.05) is 18.7 Å². The molecule has 0 spiro atoms.